The van der Waals surface area contributed by atoms with E-state index in [2.05, 4.69) is 15.4 Å². The number of piperidine rings is 1. The maximum atomic E-state index is 13.2. The van der Waals surface area contributed by atoms with Gasteiger partial charge in [-0.3, -0.25) is 4.98 Å². The highest BCUT2D eigenvalue weighted by molar-refractivity contribution is 5.59. The first-order chi connectivity index (χ1) is 18.6. The lowest BCUT2D eigenvalue weighted by atomic mass is 9.92. The van der Waals surface area contributed by atoms with Crippen LogP contribution in [0.1, 0.15) is 36.9 Å². The van der Waals surface area contributed by atoms with Gasteiger partial charge in [0.05, 0.1) is 5.56 Å². The number of hydrogen-bond donors (Lipinski definition) is 1. The minimum absolute atomic E-state index is 0.0799. The van der Waals surface area contributed by atoms with Crippen LogP contribution in [0, 0.1) is 11.8 Å². The molecule has 3 aliphatic rings. The van der Waals surface area contributed by atoms with Gasteiger partial charge >= 0.3 is 12.4 Å². The molecule has 1 saturated carbocycles. The average molecular weight is 552 g/mol. The van der Waals surface area contributed by atoms with E-state index in [9.17, 15) is 26.3 Å². The van der Waals surface area contributed by atoms with Crippen molar-refractivity contribution in [3.8, 4) is 0 Å². The monoisotopic (exact) mass is 551 g/mol. The maximum absolute atomic E-state index is 13.2. The zero-order chi connectivity index (χ0) is 27.4. The molecule has 208 valence electrons. The third-order valence-electron chi connectivity index (χ3n) is 7.93. The van der Waals surface area contributed by atoms with Crippen LogP contribution in [0.2, 0.25) is 0 Å². The molecule has 0 spiro atoms. The summed E-state index contributed by atoms with van der Waals surface area (Å²) in [6.07, 6.45) is -4.09. The number of anilines is 4. The number of aromatic nitrogens is 4. The lowest BCUT2D eigenvalue weighted by molar-refractivity contribution is -0.141. The molecule has 2 aliphatic heterocycles. The highest BCUT2D eigenvalue weighted by atomic mass is 19.4. The molecule has 0 radical (unpaired) electrons. The second-order valence-electron chi connectivity index (χ2n) is 10.4. The Hall–Kier alpha value is -3.51. The van der Waals surface area contributed by atoms with Crippen LogP contribution in [-0.4, -0.2) is 45.4 Å². The third-order valence-corrected chi connectivity index (χ3v) is 7.93. The molecule has 2 bridgehead atoms. The summed E-state index contributed by atoms with van der Waals surface area (Å²) < 4.78 is 80.5. The van der Waals surface area contributed by atoms with Crippen molar-refractivity contribution in [2.45, 2.75) is 50.6 Å². The molecule has 3 atom stereocenters. The highest BCUT2D eigenvalue weighted by Crippen LogP contribution is 2.41. The molecule has 1 saturated heterocycles. The topological polar surface area (TPSA) is 62.1 Å². The van der Waals surface area contributed by atoms with Crippen molar-refractivity contribution >= 4 is 23.3 Å². The van der Waals surface area contributed by atoms with Crippen LogP contribution in [0.3, 0.4) is 0 Å². The van der Waals surface area contributed by atoms with Gasteiger partial charge in [0.25, 0.3) is 0 Å². The smallest absolute Gasteiger partial charge is 0.371 e. The van der Waals surface area contributed by atoms with Crippen LogP contribution in [0.25, 0.3) is 0 Å². The number of fused-ring (bicyclic) bond motifs is 3. The van der Waals surface area contributed by atoms with Crippen LogP contribution in [0.4, 0.5) is 49.6 Å². The van der Waals surface area contributed by atoms with Gasteiger partial charge in [0, 0.05) is 49.8 Å². The van der Waals surface area contributed by atoms with E-state index in [0.717, 1.165) is 43.9 Å². The van der Waals surface area contributed by atoms with Gasteiger partial charge in [-0.25, -0.2) is 4.68 Å². The molecule has 6 rings (SSSR count). The lowest BCUT2D eigenvalue weighted by Gasteiger charge is -2.39. The van der Waals surface area contributed by atoms with E-state index in [1.807, 2.05) is 9.80 Å². The van der Waals surface area contributed by atoms with Gasteiger partial charge in [0.15, 0.2) is 0 Å². The number of alkyl halides is 6. The standard InChI is InChI=1S/C26H27F6N7/c27-25(28,29)18-5-7-19(8-6-18)38-11-1-2-12-39-24(38)35-23(36-39)34-22-16-3-4-17(22)15-37(14-16)20-9-10-33-21(13-20)26(30,31)32/h5-10,13,16-17,22H,1-4,11-12,14-15H2,(H,34,36)/t16-,17?,22-/m0/s1. The summed E-state index contributed by atoms with van der Waals surface area (Å²) in [6, 6.07) is 7.87. The molecule has 1 aliphatic carbocycles. The fraction of sp³-hybridized carbons (Fsp3) is 0.500. The van der Waals surface area contributed by atoms with Crippen LogP contribution in [0.15, 0.2) is 42.6 Å². The summed E-state index contributed by atoms with van der Waals surface area (Å²) in [5.74, 6) is 1.46. The molecule has 2 aromatic heterocycles. The van der Waals surface area contributed by atoms with Gasteiger partial charge < -0.3 is 15.1 Å². The van der Waals surface area contributed by atoms with Crippen LogP contribution in [-0.2, 0) is 18.9 Å². The second-order valence-corrected chi connectivity index (χ2v) is 10.4. The van der Waals surface area contributed by atoms with Crippen molar-refractivity contribution in [3.63, 3.8) is 0 Å². The Bertz CT molecular complexity index is 1310. The number of rotatable bonds is 4. The van der Waals surface area contributed by atoms with Crippen molar-refractivity contribution in [2.75, 3.05) is 34.8 Å². The lowest BCUT2D eigenvalue weighted by Crippen LogP contribution is -2.48. The largest absolute Gasteiger partial charge is 0.433 e. The first-order valence-corrected chi connectivity index (χ1v) is 13.0. The summed E-state index contributed by atoms with van der Waals surface area (Å²) in [4.78, 5) is 12.1. The van der Waals surface area contributed by atoms with Crippen LogP contribution >= 0.6 is 0 Å². The molecule has 1 N–H and O–H groups in total. The molecule has 3 aromatic rings. The maximum Gasteiger partial charge on any atom is 0.433 e. The third kappa shape index (κ3) is 5.10. The number of nitrogens with zero attached hydrogens (tertiary/aromatic N) is 6. The molecule has 7 nitrogen and oxygen atoms in total. The molecule has 1 aromatic carbocycles. The van der Waals surface area contributed by atoms with Gasteiger partial charge in [0.1, 0.15) is 5.69 Å². The Morgan fingerprint density at radius 3 is 2.18 bits per heavy atom. The SMILES string of the molecule is FC(F)(F)c1ccc(N2CCCCn3nc(N[C@@H]4C5CC[C@H]4CN(c4ccnc(C(F)(F)F)c4)C5)nc32)cc1. The van der Waals surface area contributed by atoms with E-state index in [-0.39, 0.29) is 17.9 Å². The second kappa shape index (κ2) is 9.60. The summed E-state index contributed by atoms with van der Waals surface area (Å²) >= 11 is 0. The van der Waals surface area contributed by atoms with Crippen LogP contribution in [0.5, 0.6) is 0 Å². The fourth-order valence-corrected chi connectivity index (χ4v) is 6.04. The first kappa shape index (κ1) is 25.8. The predicted octanol–water partition coefficient (Wildman–Crippen LogP) is 5.97. The Balaban J connectivity index is 1.19. The van der Waals surface area contributed by atoms with E-state index in [0.29, 0.717) is 49.5 Å². The highest BCUT2D eigenvalue weighted by Gasteiger charge is 2.43. The molecular weight excluding hydrogens is 524 g/mol. The molecular formula is C26H27F6N7. The van der Waals surface area contributed by atoms with E-state index < -0.39 is 23.6 Å². The van der Waals surface area contributed by atoms with Gasteiger partial charge in [0.2, 0.25) is 11.9 Å². The molecule has 2 fully saturated rings. The van der Waals surface area contributed by atoms with E-state index in [1.54, 1.807) is 10.7 Å². The average Bonchev–Trinajstić information content (AvgIpc) is 3.30. The fourth-order valence-electron chi connectivity index (χ4n) is 6.04. The first-order valence-electron chi connectivity index (χ1n) is 13.0. The van der Waals surface area contributed by atoms with E-state index in [4.69, 9.17) is 4.98 Å². The van der Waals surface area contributed by atoms with Gasteiger partial charge in [-0.05, 0) is 73.9 Å². The summed E-state index contributed by atoms with van der Waals surface area (Å²) in [5.41, 5.74) is -0.456. The van der Waals surface area contributed by atoms with Crippen molar-refractivity contribution < 1.29 is 26.3 Å². The Morgan fingerprint density at radius 1 is 0.821 bits per heavy atom. The van der Waals surface area contributed by atoms with E-state index in [1.165, 1.54) is 18.3 Å². The zero-order valence-electron chi connectivity index (χ0n) is 20.9. The predicted molar refractivity (Wildman–Crippen MR) is 133 cm³/mol. The van der Waals surface area contributed by atoms with Gasteiger partial charge in [-0.1, -0.05) is 0 Å². The number of benzene rings is 1. The van der Waals surface area contributed by atoms with Crippen molar-refractivity contribution in [3.05, 3.63) is 53.9 Å². The quantitative estimate of drug-likeness (QED) is 0.404. The minimum atomic E-state index is -4.49. The Labute approximate surface area is 220 Å². The molecule has 39 heavy (non-hydrogen) atoms. The van der Waals surface area contributed by atoms with Crippen molar-refractivity contribution in [1.82, 2.24) is 19.7 Å². The number of nitrogens with one attached hydrogen (secondary N) is 1. The van der Waals surface area contributed by atoms with E-state index >= 15 is 0 Å². The molecule has 0 amide bonds. The Kier molecular flexibility index (Phi) is 6.34. The molecule has 4 heterocycles. The van der Waals surface area contributed by atoms with Crippen LogP contribution < -0.4 is 15.1 Å². The van der Waals surface area contributed by atoms with Gasteiger partial charge in [-0.15, -0.1) is 5.10 Å². The summed E-state index contributed by atoms with van der Waals surface area (Å²) in [5, 5.41) is 8.17. The van der Waals surface area contributed by atoms with Crippen molar-refractivity contribution in [1.29, 1.82) is 0 Å². The number of pyridine rings is 1. The summed E-state index contributed by atoms with van der Waals surface area (Å²) in [6.45, 7) is 2.48. The molecule has 13 heteroatoms. The minimum Gasteiger partial charge on any atom is -0.371 e. The number of halogens is 6. The Morgan fingerprint density at radius 2 is 1.51 bits per heavy atom. The number of aryl methyl sites for hydroxylation is 1. The number of hydrogen-bond acceptors (Lipinski definition) is 6. The normalized spacial score (nSPS) is 23.5. The molecule has 1 unspecified atom stereocenters. The van der Waals surface area contributed by atoms with Gasteiger partial charge in [-0.2, -0.15) is 31.3 Å². The summed E-state index contributed by atoms with van der Waals surface area (Å²) in [7, 11) is 0. The zero-order valence-corrected chi connectivity index (χ0v) is 20.9. The van der Waals surface area contributed by atoms with Crippen molar-refractivity contribution in [2.24, 2.45) is 11.8 Å².